The molecule has 2 atom stereocenters. The van der Waals surface area contributed by atoms with E-state index in [1.807, 2.05) is 6.92 Å². The Balaban J connectivity index is 2.05. The summed E-state index contributed by atoms with van der Waals surface area (Å²) in [6.45, 7) is 4.67. The topological polar surface area (TPSA) is 41.5 Å². The average Bonchev–Trinajstić information content (AvgIpc) is 2.90. The summed E-state index contributed by atoms with van der Waals surface area (Å²) in [6, 6.07) is -0.769. The molecule has 0 saturated heterocycles. The average molecular weight is 344 g/mol. The molecule has 0 aromatic heterocycles. The van der Waals surface area contributed by atoms with E-state index in [0.717, 1.165) is 25.7 Å². The number of aliphatic imine (C=N–C) groups is 1. The molecule has 3 nitrogen and oxygen atoms in total. The predicted octanol–water partition coefficient (Wildman–Crippen LogP) is 4.22. The van der Waals surface area contributed by atoms with Crippen LogP contribution in [-0.4, -0.2) is 35.8 Å². The normalized spacial score (nSPS) is 23.9. The number of nitrogens with one attached hydrogen (secondary N) is 1. The summed E-state index contributed by atoms with van der Waals surface area (Å²) in [5.74, 6) is -0.136. The van der Waals surface area contributed by atoms with Crippen molar-refractivity contribution in [2.75, 3.05) is 0 Å². The number of hydrogen-bond donors (Lipinski definition) is 1. The van der Waals surface area contributed by atoms with Gasteiger partial charge in [-0.3, -0.25) is 9.79 Å². The van der Waals surface area contributed by atoms with Crippen molar-refractivity contribution in [3.05, 3.63) is 11.6 Å². The molecule has 0 bridgehead atoms. The maximum Gasteiger partial charge on any atom is 0.280 e. The number of rotatable bonds is 6. The van der Waals surface area contributed by atoms with Gasteiger partial charge < -0.3 is 5.32 Å². The van der Waals surface area contributed by atoms with Crippen molar-refractivity contribution in [3.8, 4) is 0 Å². The minimum absolute atomic E-state index is 0.0157. The first-order valence-electron chi connectivity index (χ1n) is 8.75. The molecule has 1 aliphatic heterocycles. The fourth-order valence-corrected chi connectivity index (χ4v) is 3.57. The molecule has 0 aromatic carbocycles. The van der Waals surface area contributed by atoms with Crippen LogP contribution in [0.3, 0.4) is 0 Å². The second-order valence-corrected chi connectivity index (χ2v) is 7.55. The molecule has 1 amide bonds. The summed E-state index contributed by atoms with van der Waals surface area (Å²) < 4.78 is 40.2. The maximum atomic E-state index is 13.8. The summed E-state index contributed by atoms with van der Waals surface area (Å²) in [5.41, 5.74) is -2.14. The van der Waals surface area contributed by atoms with Gasteiger partial charge in [-0.15, -0.1) is 0 Å². The highest BCUT2D eigenvalue weighted by Gasteiger charge is 2.34. The first-order chi connectivity index (χ1) is 11.2. The third-order valence-electron chi connectivity index (χ3n) is 4.80. The zero-order chi connectivity index (χ0) is 17.9. The lowest BCUT2D eigenvalue weighted by atomic mass is 9.84. The van der Waals surface area contributed by atoms with E-state index in [0.29, 0.717) is 5.92 Å². The van der Waals surface area contributed by atoms with Gasteiger partial charge in [0.05, 0.1) is 11.6 Å². The van der Waals surface area contributed by atoms with E-state index in [1.165, 1.54) is 26.3 Å². The zero-order valence-corrected chi connectivity index (χ0v) is 14.6. The SMILES string of the molecule is CC(NC(=O)C1=CC(CC(C)(C)F)N=C1C(F)F)C1CCCCC1. The van der Waals surface area contributed by atoms with Gasteiger partial charge in [0.2, 0.25) is 0 Å². The molecular weight excluding hydrogens is 317 g/mol. The second-order valence-electron chi connectivity index (χ2n) is 7.55. The smallest absolute Gasteiger partial charge is 0.280 e. The number of alkyl halides is 3. The zero-order valence-electron chi connectivity index (χ0n) is 14.6. The monoisotopic (exact) mass is 344 g/mol. The fourth-order valence-electron chi connectivity index (χ4n) is 3.57. The molecule has 0 aromatic rings. The van der Waals surface area contributed by atoms with Crippen LogP contribution in [0.2, 0.25) is 0 Å². The molecule has 1 saturated carbocycles. The van der Waals surface area contributed by atoms with Gasteiger partial charge in [-0.25, -0.2) is 13.2 Å². The molecule has 136 valence electrons. The van der Waals surface area contributed by atoms with Crippen LogP contribution in [0, 0.1) is 5.92 Å². The summed E-state index contributed by atoms with van der Waals surface area (Å²) in [6.07, 6.45) is 4.13. The molecule has 1 fully saturated rings. The lowest BCUT2D eigenvalue weighted by Crippen LogP contribution is -2.41. The Kier molecular flexibility index (Phi) is 6.10. The number of amides is 1. The molecule has 2 unspecified atom stereocenters. The van der Waals surface area contributed by atoms with Gasteiger partial charge >= 0.3 is 0 Å². The van der Waals surface area contributed by atoms with E-state index in [-0.39, 0.29) is 18.0 Å². The minimum Gasteiger partial charge on any atom is -0.349 e. The standard InChI is InChI=1S/C18H27F3N2O/c1-11(12-7-5-4-6-8-12)22-17(24)14-9-13(10-18(2,3)21)23-15(14)16(19)20/h9,11-13,16H,4-8,10H2,1-3H3,(H,22,24). The van der Waals surface area contributed by atoms with Crippen LogP contribution in [0.25, 0.3) is 0 Å². The van der Waals surface area contributed by atoms with Crippen molar-refractivity contribution in [2.45, 2.75) is 83.5 Å². The van der Waals surface area contributed by atoms with Gasteiger partial charge in [-0.05, 0) is 45.6 Å². The molecule has 2 aliphatic rings. The number of nitrogens with zero attached hydrogens (tertiary/aromatic N) is 1. The summed E-state index contributed by atoms with van der Waals surface area (Å²) >= 11 is 0. The van der Waals surface area contributed by atoms with Gasteiger partial charge in [0, 0.05) is 12.5 Å². The van der Waals surface area contributed by atoms with Crippen molar-refractivity contribution in [2.24, 2.45) is 10.9 Å². The molecule has 0 radical (unpaired) electrons. The summed E-state index contributed by atoms with van der Waals surface area (Å²) in [4.78, 5) is 16.3. The molecule has 6 heteroatoms. The molecule has 1 heterocycles. The van der Waals surface area contributed by atoms with Crippen LogP contribution in [0.4, 0.5) is 13.2 Å². The second kappa shape index (κ2) is 7.70. The van der Waals surface area contributed by atoms with Gasteiger partial charge in [-0.1, -0.05) is 19.3 Å². The quantitative estimate of drug-likeness (QED) is 0.770. The Morgan fingerprint density at radius 2 is 1.96 bits per heavy atom. The number of carbonyl (C=O) groups is 1. The molecule has 1 N–H and O–H groups in total. The Hall–Kier alpha value is -1.33. The highest BCUT2D eigenvalue weighted by Crippen LogP contribution is 2.28. The molecule has 0 spiro atoms. The van der Waals surface area contributed by atoms with Crippen LogP contribution in [0.1, 0.15) is 59.3 Å². The third kappa shape index (κ3) is 5.08. The van der Waals surface area contributed by atoms with Crippen LogP contribution in [-0.2, 0) is 4.79 Å². The number of hydrogen-bond acceptors (Lipinski definition) is 2. The Morgan fingerprint density at radius 1 is 1.33 bits per heavy atom. The molecule has 24 heavy (non-hydrogen) atoms. The number of halogens is 3. The highest BCUT2D eigenvalue weighted by molar-refractivity contribution is 6.24. The largest absolute Gasteiger partial charge is 0.349 e. The highest BCUT2D eigenvalue weighted by atomic mass is 19.3. The summed E-state index contributed by atoms with van der Waals surface area (Å²) in [5, 5.41) is 2.84. The van der Waals surface area contributed by atoms with Crippen molar-refractivity contribution in [1.82, 2.24) is 5.32 Å². The van der Waals surface area contributed by atoms with Gasteiger partial charge in [-0.2, -0.15) is 0 Å². The minimum atomic E-state index is -2.83. The lowest BCUT2D eigenvalue weighted by Gasteiger charge is -2.28. The van der Waals surface area contributed by atoms with E-state index in [9.17, 15) is 18.0 Å². The predicted molar refractivity (Wildman–Crippen MR) is 89.3 cm³/mol. The van der Waals surface area contributed by atoms with E-state index < -0.39 is 29.8 Å². The van der Waals surface area contributed by atoms with Gasteiger partial charge in [0.1, 0.15) is 11.4 Å². The van der Waals surface area contributed by atoms with E-state index in [1.54, 1.807) is 0 Å². The van der Waals surface area contributed by atoms with Crippen LogP contribution >= 0.6 is 0 Å². The summed E-state index contributed by atoms with van der Waals surface area (Å²) in [7, 11) is 0. The van der Waals surface area contributed by atoms with E-state index >= 15 is 0 Å². The van der Waals surface area contributed by atoms with Crippen molar-refractivity contribution in [1.29, 1.82) is 0 Å². The molecule has 1 aliphatic carbocycles. The van der Waals surface area contributed by atoms with E-state index in [2.05, 4.69) is 10.3 Å². The van der Waals surface area contributed by atoms with Crippen molar-refractivity contribution in [3.63, 3.8) is 0 Å². The molecule has 2 rings (SSSR count). The van der Waals surface area contributed by atoms with Crippen molar-refractivity contribution < 1.29 is 18.0 Å². The molecular formula is C18H27F3N2O. The Morgan fingerprint density at radius 3 is 2.50 bits per heavy atom. The van der Waals surface area contributed by atoms with Gasteiger partial charge in [0.15, 0.2) is 0 Å². The van der Waals surface area contributed by atoms with Crippen LogP contribution in [0.15, 0.2) is 16.6 Å². The lowest BCUT2D eigenvalue weighted by molar-refractivity contribution is -0.118. The third-order valence-corrected chi connectivity index (χ3v) is 4.80. The first kappa shape index (κ1) is 19.0. The Labute approximate surface area is 141 Å². The maximum absolute atomic E-state index is 13.8. The fraction of sp³-hybridized carbons (Fsp3) is 0.778. The van der Waals surface area contributed by atoms with Crippen molar-refractivity contribution >= 4 is 11.6 Å². The number of carbonyl (C=O) groups excluding carboxylic acids is 1. The van der Waals surface area contributed by atoms with E-state index in [4.69, 9.17) is 0 Å². The first-order valence-corrected chi connectivity index (χ1v) is 8.75. The van der Waals surface area contributed by atoms with Crippen LogP contribution in [0.5, 0.6) is 0 Å². The van der Waals surface area contributed by atoms with Gasteiger partial charge in [0.25, 0.3) is 12.3 Å². The Bertz CT molecular complexity index is 517. The van der Waals surface area contributed by atoms with Crippen LogP contribution < -0.4 is 5.32 Å².